The van der Waals surface area contributed by atoms with Gasteiger partial charge in [-0.05, 0) is 74.3 Å². The average molecular weight is 1130 g/mol. The molecule has 5 aliphatic rings. The standard InChI is InChI=1S/C58H96O21/c1-29-17-16-18-40(59)43(69-13)25-45(76-55(65)33(5)23-31(3)21-30(2)22-32(4)41(20-19-29)77-56-51(63)50(62)52(71-15)37(9)74-56)53(64)58(67)35(7)48(60)34(6)42(79-58)24-39(28-68-12)75-47-27-57(11,66)54(38(10)73-47)78-46-26-44(70-14)49(61)36(8)72-46/h17,19-23,32,34-54,56,59-64,66-67H,16,18,24-28H2,1-15H3/b20-19+,29-17+,30-22+,31-21+,33-23-/t32-,34+,35-,36-,37+,38+,39-,40+,41-,42-,43+,44-,45+,46+,47+,48+,49-,50+,51+,52+,53-,54+,56+,57+,58-/m1/s1. The van der Waals surface area contributed by atoms with Crippen molar-refractivity contribution < 1.29 is 102 Å². The fourth-order valence-electron chi connectivity index (χ4n) is 11.6. The molecule has 5 heterocycles. The molecule has 4 saturated heterocycles. The zero-order valence-electron chi connectivity index (χ0n) is 49.1. The highest BCUT2D eigenvalue weighted by Crippen LogP contribution is 2.43. The Hall–Kier alpha value is -2.59. The molecule has 0 unspecified atom stereocenters. The van der Waals surface area contributed by atoms with Crippen molar-refractivity contribution in [2.24, 2.45) is 17.8 Å². The molecular formula is C58H96O21. The molecule has 0 aromatic carbocycles. The second kappa shape index (κ2) is 29.8. The van der Waals surface area contributed by atoms with Crippen molar-refractivity contribution in [1.29, 1.82) is 0 Å². The van der Waals surface area contributed by atoms with Crippen LogP contribution in [0.25, 0.3) is 0 Å². The van der Waals surface area contributed by atoms with Crippen molar-refractivity contribution >= 4 is 5.97 Å². The SMILES string of the molecule is COC[C@@H](C[C@H]1O[C@@](O)([C@H](O)[C@@H]2C[C@H](OC)[C@@H](O)CC/C=C(C)/C=C/[C@@H](O[C@@H]3O[C@@H](C)[C@H](OC)[C@@H](O)[C@@H]3O)[C@H](C)/C=C(C)/C=C(C)/C=C(/C)C(=O)O2)[C@H](C)[C@@H](O)[C@H]1C)O[C@H]1C[C@](C)(O)[C@@H](O[C@H]2C[C@@H](OC)[C@H](O)[C@@H](C)O2)[C@H](C)O1. The molecule has 5 aliphatic heterocycles. The van der Waals surface area contributed by atoms with Crippen molar-refractivity contribution in [2.75, 3.05) is 35.0 Å². The van der Waals surface area contributed by atoms with Crippen LogP contribution in [-0.4, -0.2) is 216 Å². The number of rotatable bonds is 15. The van der Waals surface area contributed by atoms with Gasteiger partial charge in [0, 0.05) is 77.4 Å². The molecule has 454 valence electrons. The molecule has 21 heteroatoms. The summed E-state index contributed by atoms with van der Waals surface area (Å²) in [5.74, 6) is -5.45. The lowest BCUT2D eigenvalue weighted by molar-refractivity contribution is -0.366. The van der Waals surface area contributed by atoms with Gasteiger partial charge in [-0.15, -0.1) is 0 Å². The van der Waals surface area contributed by atoms with Gasteiger partial charge in [-0.1, -0.05) is 67.9 Å². The quantitative estimate of drug-likeness (QED) is 0.109. The van der Waals surface area contributed by atoms with Gasteiger partial charge in [0.05, 0.1) is 73.2 Å². The number of cyclic esters (lactones) is 1. The van der Waals surface area contributed by atoms with E-state index in [4.69, 9.17) is 56.8 Å². The largest absolute Gasteiger partial charge is 0.456 e. The van der Waals surface area contributed by atoms with Crippen molar-refractivity contribution in [3.63, 3.8) is 0 Å². The molecule has 21 nitrogen and oxygen atoms in total. The Morgan fingerprint density at radius 3 is 2.05 bits per heavy atom. The van der Waals surface area contributed by atoms with Crippen LogP contribution in [0.5, 0.6) is 0 Å². The fraction of sp³-hybridized carbons (Fsp3) is 0.810. The Morgan fingerprint density at radius 2 is 1.42 bits per heavy atom. The molecule has 0 aromatic rings. The molecule has 8 N–H and O–H groups in total. The Kier molecular flexibility index (Phi) is 25.3. The summed E-state index contributed by atoms with van der Waals surface area (Å²) in [6.45, 7) is 19.1. The summed E-state index contributed by atoms with van der Waals surface area (Å²) < 4.78 is 72.0. The van der Waals surface area contributed by atoms with Gasteiger partial charge in [-0.2, -0.15) is 0 Å². The Bertz CT molecular complexity index is 2080. The first-order chi connectivity index (χ1) is 37.1. The van der Waals surface area contributed by atoms with Gasteiger partial charge in [-0.25, -0.2) is 4.79 Å². The van der Waals surface area contributed by atoms with E-state index < -0.39 is 152 Å². The topological polar surface area (TPSA) is 290 Å². The van der Waals surface area contributed by atoms with E-state index in [-0.39, 0.29) is 50.2 Å². The van der Waals surface area contributed by atoms with Crippen LogP contribution in [0.1, 0.15) is 115 Å². The monoisotopic (exact) mass is 1130 g/mol. The molecule has 25 atom stereocenters. The van der Waals surface area contributed by atoms with Crippen molar-refractivity contribution in [1.82, 2.24) is 0 Å². The highest BCUT2D eigenvalue weighted by molar-refractivity contribution is 5.88. The number of esters is 1. The number of aliphatic hydroxyl groups is 8. The molecule has 0 aromatic heterocycles. The number of aliphatic hydroxyl groups excluding tert-OH is 6. The van der Waals surface area contributed by atoms with Crippen molar-refractivity contribution in [2.45, 2.75) is 249 Å². The second-order valence-electron chi connectivity index (χ2n) is 23.0. The smallest absolute Gasteiger partial charge is 0.334 e. The van der Waals surface area contributed by atoms with Crippen molar-refractivity contribution in [3.05, 3.63) is 58.7 Å². The van der Waals surface area contributed by atoms with E-state index in [1.54, 1.807) is 54.5 Å². The summed E-state index contributed by atoms with van der Waals surface area (Å²) in [6.07, 6.45) is -8.27. The highest BCUT2D eigenvalue weighted by atomic mass is 16.7. The normalized spacial score (nSPS) is 46.7. The zero-order valence-corrected chi connectivity index (χ0v) is 49.1. The minimum Gasteiger partial charge on any atom is -0.456 e. The molecule has 79 heavy (non-hydrogen) atoms. The lowest BCUT2D eigenvalue weighted by Crippen LogP contribution is -2.66. The molecule has 0 radical (unpaired) electrons. The number of carbonyl (C=O) groups is 1. The van der Waals surface area contributed by atoms with E-state index in [2.05, 4.69) is 0 Å². The molecule has 5 rings (SSSR count). The molecule has 0 spiro atoms. The molecule has 0 amide bonds. The van der Waals surface area contributed by atoms with Crippen LogP contribution in [0.2, 0.25) is 0 Å². The van der Waals surface area contributed by atoms with E-state index in [1.807, 2.05) is 51.2 Å². The van der Waals surface area contributed by atoms with Crippen molar-refractivity contribution in [3.8, 4) is 0 Å². The summed E-state index contributed by atoms with van der Waals surface area (Å²) in [5, 5.41) is 92.6. The molecule has 0 saturated carbocycles. The van der Waals surface area contributed by atoms with E-state index in [0.717, 1.165) is 11.1 Å². The first-order valence-corrected chi connectivity index (χ1v) is 27.9. The fourth-order valence-corrected chi connectivity index (χ4v) is 11.6. The van der Waals surface area contributed by atoms with Crippen LogP contribution < -0.4 is 0 Å². The second-order valence-corrected chi connectivity index (χ2v) is 23.0. The van der Waals surface area contributed by atoms with Gasteiger partial charge in [0.2, 0.25) is 5.79 Å². The van der Waals surface area contributed by atoms with Crippen LogP contribution in [0.15, 0.2) is 58.7 Å². The number of hydrogen-bond acceptors (Lipinski definition) is 21. The lowest BCUT2D eigenvalue weighted by Gasteiger charge is -2.51. The van der Waals surface area contributed by atoms with Gasteiger partial charge >= 0.3 is 5.97 Å². The highest BCUT2D eigenvalue weighted by Gasteiger charge is 2.57. The maximum atomic E-state index is 14.1. The Labute approximate surface area is 467 Å². The van der Waals surface area contributed by atoms with Crippen LogP contribution in [0.4, 0.5) is 0 Å². The zero-order chi connectivity index (χ0) is 58.8. The number of allylic oxidation sites excluding steroid dienone is 7. The Morgan fingerprint density at radius 1 is 0.747 bits per heavy atom. The van der Waals surface area contributed by atoms with Gasteiger partial charge in [0.15, 0.2) is 18.9 Å². The lowest BCUT2D eigenvalue weighted by atomic mass is 9.76. The number of carbonyl (C=O) groups excluding carboxylic acids is 1. The number of hydrogen-bond donors (Lipinski definition) is 8. The van der Waals surface area contributed by atoms with Crippen LogP contribution >= 0.6 is 0 Å². The summed E-state index contributed by atoms with van der Waals surface area (Å²) >= 11 is 0. The summed E-state index contributed by atoms with van der Waals surface area (Å²) in [4.78, 5) is 14.1. The van der Waals surface area contributed by atoms with E-state index >= 15 is 0 Å². The third kappa shape index (κ3) is 17.3. The van der Waals surface area contributed by atoms with Gasteiger partial charge < -0.3 is 97.7 Å². The summed E-state index contributed by atoms with van der Waals surface area (Å²) in [7, 11) is 5.80. The Balaban J connectivity index is 1.37. The predicted octanol–water partition coefficient (Wildman–Crippen LogP) is 3.59. The maximum absolute atomic E-state index is 14.1. The minimum atomic E-state index is -2.54. The number of methoxy groups -OCH3 is 4. The summed E-state index contributed by atoms with van der Waals surface area (Å²) in [5.41, 5.74) is 0.977. The molecular weight excluding hydrogens is 1030 g/mol. The van der Waals surface area contributed by atoms with Gasteiger partial charge in [0.25, 0.3) is 0 Å². The van der Waals surface area contributed by atoms with E-state index in [0.29, 0.717) is 12.0 Å². The molecule has 0 bridgehead atoms. The minimum absolute atomic E-state index is 0.00743. The maximum Gasteiger partial charge on any atom is 0.334 e. The van der Waals surface area contributed by atoms with Gasteiger partial charge in [-0.3, -0.25) is 0 Å². The average Bonchev–Trinajstić information content (AvgIpc) is 3.46. The third-order valence-electron chi connectivity index (χ3n) is 16.4. The third-order valence-corrected chi connectivity index (χ3v) is 16.4. The molecule has 4 fully saturated rings. The van der Waals surface area contributed by atoms with Crippen LogP contribution in [-0.2, 0) is 61.6 Å². The molecule has 0 aliphatic carbocycles. The summed E-state index contributed by atoms with van der Waals surface area (Å²) in [6, 6.07) is 0. The van der Waals surface area contributed by atoms with Crippen LogP contribution in [0, 0.1) is 17.8 Å². The van der Waals surface area contributed by atoms with E-state index in [9.17, 15) is 45.6 Å². The first-order valence-electron chi connectivity index (χ1n) is 27.9. The first kappa shape index (κ1) is 67.2. The predicted molar refractivity (Wildman–Crippen MR) is 288 cm³/mol. The van der Waals surface area contributed by atoms with Crippen LogP contribution in [0.3, 0.4) is 0 Å². The van der Waals surface area contributed by atoms with E-state index in [1.165, 1.54) is 35.4 Å². The number of ether oxygens (including phenoxy) is 12. The van der Waals surface area contributed by atoms with Gasteiger partial charge in [0.1, 0.15) is 42.7 Å².